The van der Waals surface area contributed by atoms with E-state index in [0.29, 0.717) is 11.5 Å². The van der Waals surface area contributed by atoms with Gasteiger partial charge in [0.15, 0.2) is 0 Å². The highest BCUT2D eigenvalue weighted by Gasteiger charge is 2.53. The van der Waals surface area contributed by atoms with E-state index in [4.69, 9.17) is 9.47 Å². The predicted octanol–water partition coefficient (Wildman–Crippen LogP) is 5.94. The minimum atomic E-state index is -0.554. The molecule has 4 nitrogen and oxygen atoms in total. The number of carbonyl (C=O) groups is 2. The van der Waals surface area contributed by atoms with Gasteiger partial charge in [-0.3, -0.25) is 9.59 Å². The van der Waals surface area contributed by atoms with Crippen LogP contribution < -0.4 is 9.47 Å². The molecule has 4 aromatic carbocycles. The summed E-state index contributed by atoms with van der Waals surface area (Å²) in [5, 5.41) is 3.76. The second-order valence-corrected chi connectivity index (χ2v) is 8.80. The molecular formula is C29H22O4. The summed E-state index contributed by atoms with van der Waals surface area (Å²) < 4.78 is 11.8. The van der Waals surface area contributed by atoms with Crippen molar-refractivity contribution in [3.8, 4) is 11.5 Å². The maximum absolute atomic E-state index is 13.4. The van der Waals surface area contributed by atoms with Crippen LogP contribution in [0.3, 0.4) is 0 Å². The van der Waals surface area contributed by atoms with Crippen LogP contribution in [-0.2, 0) is 9.59 Å². The molecule has 162 valence electrons. The Morgan fingerprint density at radius 3 is 1.48 bits per heavy atom. The van der Waals surface area contributed by atoms with Crippen LogP contribution in [-0.4, -0.2) is 11.9 Å². The van der Waals surface area contributed by atoms with E-state index in [9.17, 15) is 9.59 Å². The number of ether oxygens (including phenoxy) is 2. The minimum absolute atomic E-state index is 0.0115. The van der Waals surface area contributed by atoms with Crippen molar-refractivity contribution in [2.45, 2.75) is 6.42 Å². The average molecular weight is 434 g/mol. The number of rotatable bonds is 4. The van der Waals surface area contributed by atoms with E-state index in [0.717, 1.165) is 28.0 Å². The van der Waals surface area contributed by atoms with Crippen LogP contribution >= 0.6 is 0 Å². The highest BCUT2D eigenvalue weighted by Crippen LogP contribution is 2.49. The molecule has 2 bridgehead atoms. The number of carbonyl (C=O) groups excluding carboxylic acids is 2. The maximum Gasteiger partial charge on any atom is 0.315 e. The van der Waals surface area contributed by atoms with Gasteiger partial charge in [0.2, 0.25) is 0 Å². The predicted molar refractivity (Wildman–Crippen MR) is 127 cm³/mol. The van der Waals surface area contributed by atoms with Crippen molar-refractivity contribution in [1.82, 2.24) is 0 Å². The molecule has 0 heterocycles. The molecule has 0 amide bonds. The molecule has 4 unspecified atom stereocenters. The Labute approximate surface area is 191 Å². The third-order valence-electron chi connectivity index (χ3n) is 6.92. The van der Waals surface area contributed by atoms with E-state index in [-0.39, 0.29) is 23.8 Å². The largest absolute Gasteiger partial charge is 0.426 e. The summed E-state index contributed by atoms with van der Waals surface area (Å²) in [6, 6.07) is 26.9. The number of hydrogen-bond donors (Lipinski definition) is 0. The van der Waals surface area contributed by atoms with Crippen LogP contribution in [0.15, 0.2) is 97.1 Å². The first-order chi connectivity index (χ1) is 16.2. The van der Waals surface area contributed by atoms with E-state index in [2.05, 4.69) is 0 Å². The fraction of sp³-hybridized carbons (Fsp3) is 0.172. The van der Waals surface area contributed by atoms with E-state index in [1.165, 1.54) is 0 Å². The second-order valence-electron chi connectivity index (χ2n) is 8.80. The second kappa shape index (κ2) is 7.89. The van der Waals surface area contributed by atoms with Crippen LogP contribution in [0.2, 0.25) is 0 Å². The summed E-state index contributed by atoms with van der Waals surface area (Å²) in [6.07, 6.45) is 4.85. The van der Waals surface area contributed by atoms with Crippen molar-refractivity contribution < 1.29 is 19.1 Å². The fourth-order valence-corrected chi connectivity index (χ4v) is 5.39. The zero-order chi connectivity index (χ0) is 22.4. The van der Waals surface area contributed by atoms with Gasteiger partial charge in [0.25, 0.3) is 0 Å². The van der Waals surface area contributed by atoms with E-state index in [1.54, 1.807) is 12.1 Å². The molecular weight excluding hydrogens is 412 g/mol. The summed E-state index contributed by atoms with van der Waals surface area (Å²) >= 11 is 0. The first-order valence-electron chi connectivity index (χ1n) is 11.3. The van der Waals surface area contributed by atoms with Crippen LogP contribution in [0.4, 0.5) is 0 Å². The van der Waals surface area contributed by atoms with Gasteiger partial charge in [-0.1, -0.05) is 84.9 Å². The van der Waals surface area contributed by atoms with Crippen molar-refractivity contribution in [2.75, 3.05) is 0 Å². The van der Waals surface area contributed by atoms with Crippen molar-refractivity contribution in [3.05, 3.63) is 97.1 Å². The molecule has 0 aromatic heterocycles. The van der Waals surface area contributed by atoms with E-state index < -0.39 is 11.8 Å². The highest BCUT2D eigenvalue weighted by molar-refractivity contribution is 5.94. The monoisotopic (exact) mass is 434 g/mol. The van der Waals surface area contributed by atoms with Crippen LogP contribution in [0.5, 0.6) is 11.5 Å². The smallest absolute Gasteiger partial charge is 0.315 e. The molecule has 4 atom stereocenters. The Balaban J connectivity index is 1.28. The Hall–Kier alpha value is -3.92. The van der Waals surface area contributed by atoms with Gasteiger partial charge in [-0.2, -0.15) is 0 Å². The van der Waals surface area contributed by atoms with Crippen molar-refractivity contribution in [1.29, 1.82) is 0 Å². The number of benzene rings is 4. The minimum Gasteiger partial charge on any atom is -0.426 e. The summed E-state index contributed by atoms with van der Waals surface area (Å²) in [5.74, 6) is -0.837. The van der Waals surface area contributed by atoms with Gasteiger partial charge >= 0.3 is 11.9 Å². The highest BCUT2D eigenvalue weighted by atomic mass is 16.5. The normalized spacial score (nSPS) is 23.2. The van der Waals surface area contributed by atoms with Gasteiger partial charge in [0, 0.05) is 10.8 Å². The molecule has 4 heteroatoms. The number of allylic oxidation sites excluding steroid dienone is 2. The Morgan fingerprint density at radius 1 is 0.576 bits per heavy atom. The first-order valence-corrected chi connectivity index (χ1v) is 11.3. The number of esters is 2. The van der Waals surface area contributed by atoms with Crippen molar-refractivity contribution in [3.63, 3.8) is 0 Å². The Bertz CT molecular complexity index is 1300. The molecule has 0 N–H and O–H groups in total. The summed E-state index contributed by atoms with van der Waals surface area (Å²) in [4.78, 5) is 26.7. The molecule has 4 aromatic rings. The number of fused-ring (bicyclic) bond motifs is 4. The molecule has 6 rings (SSSR count). The van der Waals surface area contributed by atoms with E-state index in [1.807, 2.05) is 84.9 Å². The standard InChI is InChI=1S/C29H22O4/c30-28(32-24-13-5-9-18-7-1-3-11-22(18)24)26-20-15-16-21(17-20)27(26)29(31)33-25-14-6-10-19-8-2-4-12-23(19)25/h1-16,20-21,26-27H,17H2. The molecule has 1 saturated carbocycles. The summed E-state index contributed by atoms with van der Waals surface area (Å²) in [6.45, 7) is 0. The van der Waals surface area contributed by atoms with Crippen molar-refractivity contribution in [2.24, 2.45) is 23.7 Å². The van der Waals surface area contributed by atoms with Gasteiger partial charge in [-0.25, -0.2) is 0 Å². The lowest BCUT2D eigenvalue weighted by atomic mass is 9.83. The molecule has 0 aliphatic heterocycles. The van der Waals surface area contributed by atoms with E-state index >= 15 is 0 Å². The van der Waals surface area contributed by atoms with Crippen LogP contribution in [0.25, 0.3) is 21.5 Å². The molecule has 1 fully saturated rings. The Kier molecular flexibility index (Phi) is 4.72. The maximum atomic E-state index is 13.4. The van der Waals surface area contributed by atoms with Crippen molar-refractivity contribution >= 4 is 33.5 Å². The molecule has 0 radical (unpaired) electrons. The topological polar surface area (TPSA) is 52.6 Å². The fourth-order valence-electron chi connectivity index (χ4n) is 5.39. The zero-order valence-electron chi connectivity index (χ0n) is 17.9. The summed E-state index contributed by atoms with van der Waals surface area (Å²) in [7, 11) is 0. The molecule has 0 spiro atoms. The summed E-state index contributed by atoms with van der Waals surface area (Å²) in [5.41, 5.74) is 0. The van der Waals surface area contributed by atoms with Gasteiger partial charge in [-0.15, -0.1) is 0 Å². The van der Waals surface area contributed by atoms with Gasteiger partial charge in [0.05, 0.1) is 11.8 Å². The van der Waals surface area contributed by atoms with Gasteiger partial charge in [0.1, 0.15) is 11.5 Å². The first kappa shape index (κ1) is 19.7. The molecule has 2 aliphatic rings. The average Bonchev–Trinajstić information content (AvgIpc) is 3.47. The number of hydrogen-bond acceptors (Lipinski definition) is 4. The quantitative estimate of drug-likeness (QED) is 0.227. The zero-order valence-corrected chi connectivity index (χ0v) is 17.9. The molecule has 0 saturated heterocycles. The Morgan fingerprint density at radius 2 is 1.00 bits per heavy atom. The molecule has 2 aliphatic carbocycles. The van der Waals surface area contributed by atoms with Gasteiger partial charge < -0.3 is 9.47 Å². The SMILES string of the molecule is O=C(Oc1cccc2ccccc12)C1C2C=CC(C2)C1C(=O)Oc1cccc2ccccc12. The van der Waals surface area contributed by atoms with Crippen LogP contribution in [0, 0.1) is 23.7 Å². The lowest BCUT2D eigenvalue weighted by molar-refractivity contribution is -0.150. The van der Waals surface area contributed by atoms with Gasteiger partial charge in [-0.05, 0) is 41.2 Å². The lowest BCUT2D eigenvalue weighted by Crippen LogP contribution is -2.37. The third-order valence-corrected chi connectivity index (χ3v) is 6.92. The van der Waals surface area contributed by atoms with Crippen LogP contribution in [0.1, 0.15) is 6.42 Å². The third kappa shape index (κ3) is 3.39. The lowest BCUT2D eigenvalue weighted by Gasteiger charge is -2.25. The molecule has 33 heavy (non-hydrogen) atoms.